The molecule has 40 heavy (non-hydrogen) atoms. The normalized spacial score (nSPS) is 14.5. The van der Waals surface area contributed by atoms with Crippen molar-refractivity contribution in [1.82, 2.24) is 29.4 Å². The number of amides is 1. The van der Waals surface area contributed by atoms with Gasteiger partial charge in [0, 0.05) is 18.2 Å². The number of aryl methyl sites for hydroxylation is 3. The maximum absolute atomic E-state index is 14.1. The van der Waals surface area contributed by atoms with Gasteiger partial charge in [-0.3, -0.25) is 14.2 Å². The molecular formula is C28H33FN6O4S. The highest BCUT2D eigenvalue weighted by Gasteiger charge is 2.36. The quantitative estimate of drug-likeness (QED) is 0.347. The van der Waals surface area contributed by atoms with Gasteiger partial charge < -0.3 is 10.1 Å². The molecule has 3 aromatic heterocycles. The van der Waals surface area contributed by atoms with Crippen LogP contribution in [-0.2, 0) is 23.3 Å². The SMILES string of the molecule is COc1ccc(F)cc1CCn1c(=O)n(C(C)(C)C(=O)NC2CCCCC2)c(=O)c2c(C)c(-n3nccn3)sc21. The fraction of sp³-hybridized carbons (Fsp3) is 0.464. The molecule has 0 radical (unpaired) electrons. The summed E-state index contributed by atoms with van der Waals surface area (Å²) in [5.41, 5.74) is -1.43. The van der Waals surface area contributed by atoms with Crippen LogP contribution < -0.4 is 21.3 Å². The number of carbonyl (C=O) groups is 1. The Kier molecular flexibility index (Phi) is 7.63. The lowest BCUT2D eigenvalue weighted by molar-refractivity contribution is -0.129. The molecule has 1 amide bonds. The van der Waals surface area contributed by atoms with Crippen molar-refractivity contribution in [2.45, 2.75) is 77.4 Å². The summed E-state index contributed by atoms with van der Waals surface area (Å²) in [7, 11) is 1.50. The van der Waals surface area contributed by atoms with Crippen LogP contribution in [0.5, 0.6) is 5.75 Å². The standard InChI is InChI=1S/C28H33FN6O4S/c1-17-22-23(36)34(28(2,3)26(37)32-20-8-6-5-7-9-20)27(38)33(25(22)40-24(17)35-30-13-14-31-35)15-12-18-16-19(29)10-11-21(18)39-4/h10-11,13-14,16,20H,5-9,12,15H2,1-4H3,(H,32,37). The highest BCUT2D eigenvalue weighted by atomic mass is 32.1. The van der Waals surface area contributed by atoms with Crippen molar-refractivity contribution >= 4 is 27.5 Å². The zero-order chi connectivity index (χ0) is 28.6. The predicted molar refractivity (Wildman–Crippen MR) is 151 cm³/mol. The number of carbonyl (C=O) groups excluding carboxylic acids is 1. The number of methoxy groups -OCH3 is 1. The van der Waals surface area contributed by atoms with Crippen LogP contribution in [0, 0.1) is 12.7 Å². The number of thiophene rings is 1. The van der Waals surface area contributed by atoms with E-state index in [1.165, 1.54) is 52.3 Å². The van der Waals surface area contributed by atoms with Gasteiger partial charge in [0.25, 0.3) is 5.56 Å². The van der Waals surface area contributed by atoms with E-state index in [0.717, 1.165) is 36.7 Å². The Morgan fingerprint density at radius 2 is 1.88 bits per heavy atom. The zero-order valence-corrected chi connectivity index (χ0v) is 23.9. The lowest BCUT2D eigenvalue weighted by atomic mass is 9.94. The zero-order valence-electron chi connectivity index (χ0n) is 23.1. The molecule has 12 heteroatoms. The summed E-state index contributed by atoms with van der Waals surface area (Å²) in [6.07, 6.45) is 8.28. The highest BCUT2D eigenvalue weighted by molar-refractivity contribution is 7.21. The minimum atomic E-state index is -1.46. The van der Waals surface area contributed by atoms with Gasteiger partial charge >= 0.3 is 5.69 Å². The fourth-order valence-corrected chi connectivity index (χ4v) is 6.66. The van der Waals surface area contributed by atoms with Gasteiger partial charge in [-0.15, -0.1) is 4.80 Å². The Bertz CT molecular complexity index is 1660. The first-order valence-corrected chi connectivity index (χ1v) is 14.2. The lowest BCUT2D eigenvalue weighted by Gasteiger charge is -2.30. The molecule has 4 aromatic rings. The first kappa shape index (κ1) is 27.8. The Morgan fingerprint density at radius 1 is 1.18 bits per heavy atom. The van der Waals surface area contributed by atoms with E-state index >= 15 is 0 Å². The van der Waals surface area contributed by atoms with Crippen molar-refractivity contribution in [3.63, 3.8) is 0 Å². The van der Waals surface area contributed by atoms with E-state index in [9.17, 15) is 18.8 Å². The third-order valence-electron chi connectivity index (χ3n) is 7.69. The number of rotatable bonds is 8. The lowest BCUT2D eigenvalue weighted by Crippen LogP contribution is -2.57. The van der Waals surface area contributed by atoms with Gasteiger partial charge in [0.1, 0.15) is 26.9 Å². The molecular weight excluding hydrogens is 535 g/mol. The van der Waals surface area contributed by atoms with Crippen molar-refractivity contribution in [3.8, 4) is 10.8 Å². The molecule has 0 bridgehead atoms. The van der Waals surface area contributed by atoms with E-state index in [2.05, 4.69) is 15.5 Å². The molecule has 3 heterocycles. The van der Waals surface area contributed by atoms with E-state index in [4.69, 9.17) is 4.74 Å². The van der Waals surface area contributed by atoms with Crippen molar-refractivity contribution in [2.24, 2.45) is 0 Å². The highest BCUT2D eigenvalue weighted by Crippen LogP contribution is 2.31. The van der Waals surface area contributed by atoms with Crippen molar-refractivity contribution in [3.05, 3.63) is 68.4 Å². The predicted octanol–water partition coefficient (Wildman–Crippen LogP) is 3.69. The molecule has 212 valence electrons. The van der Waals surface area contributed by atoms with Gasteiger partial charge in [-0.25, -0.2) is 13.8 Å². The first-order chi connectivity index (χ1) is 19.1. The van der Waals surface area contributed by atoms with Crippen LogP contribution in [0.2, 0.25) is 0 Å². The maximum atomic E-state index is 14.1. The number of ether oxygens (including phenoxy) is 1. The number of nitrogens with zero attached hydrogens (tertiary/aromatic N) is 5. The number of halogens is 1. The number of benzene rings is 1. The second kappa shape index (κ2) is 11.0. The number of nitrogens with one attached hydrogen (secondary N) is 1. The van der Waals surface area contributed by atoms with Gasteiger partial charge in [0.05, 0.1) is 24.9 Å². The van der Waals surface area contributed by atoms with Crippen LogP contribution >= 0.6 is 11.3 Å². The van der Waals surface area contributed by atoms with Gasteiger partial charge in [-0.05, 0) is 63.8 Å². The monoisotopic (exact) mass is 568 g/mol. The summed E-state index contributed by atoms with van der Waals surface area (Å²) in [5.74, 6) is -0.300. The van der Waals surface area contributed by atoms with Crippen LogP contribution in [0.15, 0.2) is 40.2 Å². The molecule has 1 N–H and O–H groups in total. The molecule has 5 rings (SSSR count). The average molecular weight is 569 g/mol. The molecule has 0 aliphatic heterocycles. The Hall–Kier alpha value is -3.80. The van der Waals surface area contributed by atoms with Crippen molar-refractivity contribution in [1.29, 1.82) is 0 Å². The molecule has 1 aliphatic rings. The minimum absolute atomic E-state index is 0.0167. The Morgan fingerprint density at radius 3 is 2.55 bits per heavy atom. The maximum Gasteiger partial charge on any atom is 0.333 e. The molecule has 10 nitrogen and oxygen atoms in total. The van der Waals surface area contributed by atoms with E-state index in [0.29, 0.717) is 32.1 Å². The molecule has 1 aliphatic carbocycles. The smallest absolute Gasteiger partial charge is 0.333 e. The number of fused-ring (bicyclic) bond motifs is 1. The molecule has 0 unspecified atom stereocenters. The third kappa shape index (κ3) is 4.96. The van der Waals surface area contributed by atoms with E-state index < -0.39 is 22.6 Å². The van der Waals surface area contributed by atoms with E-state index in [-0.39, 0.29) is 24.9 Å². The summed E-state index contributed by atoms with van der Waals surface area (Å²) in [6.45, 7) is 5.10. The molecule has 1 fully saturated rings. The molecule has 0 atom stereocenters. The second-order valence-corrected chi connectivity index (χ2v) is 11.7. The van der Waals surface area contributed by atoms with Crippen LogP contribution in [0.25, 0.3) is 15.2 Å². The summed E-state index contributed by atoms with van der Waals surface area (Å²) in [4.78, 5) is 43.5. The Labute approximate surface area is 234 Å². The van der Waals surface area contributed by atoms with Gasteiger partial charge in [-0.1, -0.05) is 30.6 Å². The van der Waals surface area contributed by atoms with Crippen LogP contribution in [0.3, 0.4) is 0 Å². The third-order valence-corrected chi connectivity index (χ3v) is 8.97. The fourth-order valence-electron chi connectivity index (χ4n) is 5.42. The summed E-state index contributed by atoms with van der Waals surface area (Å²) < 4.78 is 22.0. The van der Waals surface area contributed by atoms with E-state index in [1.807, 2.05) is 0 Å². The van der Waals surface area contributed by atoms with Crippen molar-refractivity contribution < 1.29 is 13.9 Å². The second-order valence-electron chi connectivity index (χ2n) is 10.7. The van der Waals surface area contributed by atoms with Crippen LogP contribution in [0.1, 0.15) is 57.1 Å². The average Bonchev–Trinajstić information content (AvgIpc) is 3.57. The number of hydrogen-bond donors (Lipinski definition) is 1. The molecule has 0 saturated heterocycles. The number of hydrogen-bond acceptors (Lipinski definition) is 7. The summed E-state index contributed by atoms with van der Waals surface area (Å²) >= 11 is 1.22. The van der Waals surface area contributed by atoms with Crippen molar-refractivity contribution in [2.75, 3.05) is 7.11 Å². The topological polar surface area (TPSA) is 113 Å². The summed E-state index contributed by atoms with van der Waals surface area (Å²) in [5, 5.41) is 12.4. The Balaban J connectivity index is 1.66. The van der Waals surface area contributed by atoms with Crippen LogP contribution in [0.4, 0.5) is 4.39 Å². The summed E-state index contributed by atoms with van der Waals surface area (Å²) in [6, 6.07) is 4.24. The van der Waals surface area contributed by atoms with Gasteiger partial charge in [0.2, 0.25) is 5.91 Å². The first-order valence-electron chi connectivity index (χ1n) is 13.4. The molecule has 0 spiro atoms. The molecule has 1 aromatic carbocycles. The largest absolute Gasteiger partial charge is 0.496 e. The van der Waals surface area contributed by atoms with Crippen LogP contribution in [-0.4, -0.2) is 43.2 Å². The minimum Gasteiger partial charge on any atom is -0.496 e. The molecule has 1 saturated carbocycles. The van der Waals surface area contributed by atoms with E-state index in [1.54, 1.807) is 26.8 Å². The van der Waals surface area contributed by atoms with Gasteiger partial charge in [0.15, 0.2) is 0 Å². The van der Waals surface area contributed by atoms with Gasteiger partial charge in [-0.2, -0.15) is 10.2 Å². The number of aromatic nitrogens is 5.